The van der Waals surface area contributed by atoms with Crippen LogP contribution in [0.25, 0.3) is 0 Å². The number of carbonyl (C=O) groups is 3. The van der Waals surface area contributed by atoms with Crippen LogP contribution in [0.2, 0.25) is 0 Å². The van der Waals surface area contributed by atoms with Gasteiger partial charge in [0.05, 0.1) is 24.0 Å². The minimum absolute atomic E-state index is 0.0428. The van der Waals surface area contributed by atoms with Crippen molar-refractivity contribution in [2.75, 3.05) is 25.4 Å². The van der Waals surface area contributed by atoms with Crippen molar-refractivity contribution in [2.24, 2.45) is 0 Å². The zero-order valence-electron chi connectivity index (χ0n) is 12.5. The molecule has 22 heavy (non-hydrogen) atoms. The first-order valence-corrected chi connectivity index (χ1v) is 8.47. The fourth-order valence-electron chi connectivity index (χ4n) is 3.45. The van der Waals surface area contributed by atoms with Crippen LogP contribution in [-0.4, -0.2) is 75.2 Å². The second kappa shape index (κ2) is 5.73. The first-order chi connectivity index (χ1) is 10.4. The van der Waals surface area contributed by atoms with E-state index in [1.54, 1.807) is 21.6 Å². The summed E-state index contributed by atoms with van der Waals surface area (Å²) in [5.41, 5.74) is 0. The number of amides is 2. The van der Waals surface area contributed by atoms with Gasteiger partial charge in [0.15, 0.2) is 0 Å². The molecule has 0 saturated carbocycles. The third kappa shape index (κ3) is 2.69. The summed E-state index contributed by atoms with van der Waals surface area (Å²) < 4.78 is 5.40. The molecular weight excluding hydrogens is 308 g/mol. The molecule has 3 heterocycles. The van der Waals surface area contributed by atoms with Crippen molar-refractivity contribution in [3.63, 3.8) is 0 Å². The largest absolute Gasteiger partial charge is 0.481 e. The zero-order valence-corrected chi connectivity index (χ0v) is 13.3. The van der Waals surface area contributed by atoms with Crippen LogP contribution in [0, 0.1) is 0 Å². The molecule has 3 aliphatic heterocycles. The minimum Gasteiger partial charge on any atom is -0.481 e. The lowest BCUT2D eigenvalue weighted by Gasteiger charge is -2.36. The molecule has 1 N–H and O–H groups in total. The van der Waals surface area contributed by atoms with E-state index >= 15 is 0 Å². The van der Waals surface area contributed by atoms with Gasteiger partial charge < -0.3 is 19.6 Å². The number of rotatable bonds is 3. The Balaban J connectivity index is 1.69. The molecule has 3 saturated heterocycles. The second-order valence-electron chi connectivity index (χ2n) is 6.14. The topological polar surface area (TPSA) is 87.2 Å². The van der Waals surface area contributed by atoms with Gasteiger partial charge in [-0.25, -0.2) is 0 Å². The van der Waals surface area contributed by atoms with Crippen molar-refractivity contribution in [2.45, 2.75) is 43.2 Å². The maximum absolute atomic E-state index is 12.8. The zero-order chi connectivity index (χ0) is 15.9. The average molecular weight is 328 g/mol. The molecule has 0 spiro atoms. The highest BCUT2D eigenvalue weighted by Crippen LogP contribution is 2.47. The van der Waals surface area contributed by atoms with Gasteiger partial charge in [-0.15, -0.1) is 11.8 Å². The number of thioether (sulfide) groups is 1. The van der Waals surface area contributed by atoms with Crippen LogP contribution >= 0.6 is 11.8 Å². The molecule has 0 aromatic heterocycles. The Bertz CT molecular complexity index is 513. The second-order valence-corrected chi connectivity index (χ2v) is 7.64. The maximum atomic E-state index is 12.8. The Morgan fingerprint density at radius 2 is 2.27 bits per heavy atom. The normalized spacial score (nSPS) is 34.9. The van der Waals surface area contributed by atoms with Crippen molar-refractivity contribution in [3.8, 4) is 0 Å². The molecule has 0 radical (unpaired) electrons. The summed E-state index contributed by atoms with van der Waals surface area (Å²) in [6.07, 6.45) is 0.706. The van der Waals surface area contributed by atoms with Gasteiger partial charge in [-0.05, 0) is 13.3 Å². The molecule has 0 unspecified atom stereocenters. The molecular formula is C14H20N2O5S. The van der Waals surface area contributed by atoms with Crippen molar-refractivity contribution in [3.05, 3.63) is 0 Å². The highest BCUT2D eigenvalue weighted by molar-refractivity contribution is 8.01. The summed E-state index contributed by atoms with van der Waals surface area (Å²) in [6, 6.07) is -0.423. The Hall–Kier alpha value is -1.28. The van der Waals surface area contributed by atoms with Crippen LogP contribution in [0.15, 0.2) is 0 Å². The number of carbonyl (C=O) groups excluding carboxylic acids is 2. The van der Waals surface area contributed by atoms with Crippen LogP contribution in [-0.2, 0) is 19.1 Å². The number of hydrogen-bond acceptors (Lipinski definition) is 5. The number of carboxylic acids is 1. The molecule has 7 nitrogen and oxygen atoms in total. The Labute approximate surface area is 133 Å². The fourth-order valence-corrected chi connectivity index (χ4v) is 4.88. The maximum Gasteiger partial charge on any atom is 0.306 e. The van der Waals surface area contributed by atoms with Gasteiger partial charge >= 0.3 is 5.97 Å². The van der Waals surface area contributed by atoms with Crippen molar-refractivity contribution < 1.29 is 24.2 Å². The highest BCUT2D eigenvalue weighted by atomic mass is 32.2. The van der Waals surface area contributed by atoms with Crippen LogP contribution < -0.4 is 0 Å². The van der Waals surface area contributed by atoms with Gasteiger partial charge in [-0.3, -0.25) is 14.4 Å². The van der Waals surface area contributed by atoms with E-state index in [0.29, 0.717) is 25.3 Å². The van der Waals surface area contributed by atoms with Gasteiger partial charge in [0.1, 0.15) is 6.04 Å². The predicted octanol–water partition coefficient (Wildman–Crippen LogP) is 0.143. The van der Waals surface area contributed by atoms with E-state index in [1.807, 2.05) is 6.92 Å². The van der Waals surface area contributed by atoms with Crippen molar-refractivity contribution >= 4 is 29.5 Å². The molecule has 0 aromatic rings. The SMILES string of the molecule is C[C@]12CCC(=O)N1[C@@H](C(=O)N1CCO[C@@H](CC(=O)O)C1)CS2. The fraction of sp³-hybridized carbons (Fsp3) is 0.786. The minimum atomic E-state index is -0.932. The lowest BCUT2D eigenvalue weighted by molar-refractivity contribution is -0.152. The number of hydrogen-bond donors (Lipinski definition) is 1. The van der Waals surface area contributed by atoms with Gasteiger partial charge in [-0.1, -0.05) is 0 Å². The summed E-state index contributed by atoms with van der Waals surface area (Å²) in [5.74, 6) is -0.355. The van der Waals surface area contributed by atoms with Crippen LogP contribution in [0.1, 0.15) is 26.2 Å². The number of fused-ring (bicyclic) bond motifs is 1. The molecule has 122 valence electrons. The van der Waals surface area contributed by atoms with E-state index in [1.165, 1.54) is 0 Å². The van der Waals surface area contributed by atoms with Crippen LogP contribution in [0.4, 0.5) is 0 Å². The number of ether oxygens (including phenoxy) is 1. The van der Waals surface area contributed by atoms with E-state index in [2.05, 4.69) is 0 Å². The summed E-state index contributed by atoms with van der Waals surface area (Å²) in [4.78, 5) is 38.8. The van der Waals surface area contributed by atoms with Gasteiger partial charge in [0.2, 0.25) is 11.8 Å². The average Bonchev–Trinajstić information content (AvgIpc) is 2.95. The van der Waals surface area contributed by atoms with E-state index in [0.717, 1.165) is 6.42 Å². The van der Waals surface area contributed by atoms with Crippen molar-refractivity contribution in [1.82, 2.24) is 9.80 Å². The van der Waals surface area contributed by atoms with Crippen molar-refractivity contribution in [1.29, 1.82) is 0 Å². The van der Waals surface area contributed by atoms with E-state index in [-0.39, 0.29) is 29.7 Å². The summed E-state index contributed by atoms with van der Waals surface area (Å²) in [6.45, 7) is 3.09. The monoisotopic (exact) mass is 328 g/mol. The van der Waals surface area contributed by atoms with E-state index < -0.39 is 18.1 Å². The Morgan fingerprint density at radius 1 is 1.50 bits per heavy atom. The van der Waals surface area contributed by atoms with Gasteiger partial charge in [0.25, 0.3) is 0 Å². The number of morpholine rings is 1. The van der Waals surface area contributed by atoms with Crippen LogP contribution in [0.5, 0.6) is 0 Å². The molecule has 8 heteroatoms. The lowest BCUT2D eigenvalue weighted by atomic mass is 10.1. The van der Waals surface area contributed by atoms with Gasteiger partial charge in [-0.2, -0.15) is 0 Å². The first kappa shape index (κ1) is 15.6. The number of nitrogens with zero attached hydrogens (tertiary/aromatic N) is 2. The Kier molecular flexibility index (Phi) is 4.07. The lowest BCUT2D eigenvalue weighted by Crippen LogP contribution is -2.55. The molecule has 0 aliphatic carbocycles. The summed E-state index contributed by atoms with van der Waals surface area (Å²) in [5, 5.41) is 8.85. The van der Waals surface area contributed by atoms with E-state index in [9.17, 15) is 14.4 Å². The third-order valence-electron chi connectivity index (χ3n) is 4.58. The molecule has 3 aliphatic rings. The molecule has 0 aromatic carbocycles. The number of carboxylic acid groups (broad SMARTS) is 1. The van der Waals surface area contributed by atoms with E-state index in [4.69, 9.17) is 9.84 Å². The summed E-state index contributed by atoms with van der Waals surface area (Å²) in [7, 11) is 0. The first-order valence-electron chi connectivity index (χ1n) is 7.49. The molecule has 3 atom stereocenters. The molecule has 0 bridgehead atoms. The van der Waals surface area contributed by atoms with Gasteiger partial charge in [0, 0.05) is 25.3 Å². The smallest absolute Gasteiger partial charge is 0.306 e. The predicted molar refractivity (Wildman–Crippen MR) is 79.3 cm³/mol. The highest BCUT2D eigenvalue weighted by Gasteiger charge is 2.53. The number of aliphatic carboxylic acids is 1. The summed E-state index contributed by atoms with van der Waals surface area (Å²) >= 11 is 1.66. The quantitative estimate of drug-likeness (QED) is 0.793. The molecule has 3 fully saturated rings. The standard InChI is InChI=1S/C14H20N2O5S/c1-14-3-2-11(17)16(14)10(8-22-14)13(20)15-4-5-21-9(7-15)6-12(18)19/h9-10H,2-8H2,1H3,(H,18,19)/t9-,10+,14-/m0/s1. The van der Waals surface area contributed by atoms with Crippen LogP contribution in [0.3, 0.4) is 0 Å². The Morgan fingerprint density at radius 3 is 3.00 bits per heavy atom. The third-order valence-corrected chi connectivity index (χ3v) is 6.09. The molecule has 2 amide bonds. The molecule has 3 rings (SSSR count).